The van der Waals surface area contributed by atoms with Crippen molar-refractivity contribution in [1.29, 1.82) is 0 Å². The van der Waals surface area contributed by atoms with E-state index in [9.17, 15) is 8.42 Å². The minimum atomic E-state index is -3.59. The van der Waals surface area contributed by atoms with Gasteiger partial charge in [0.25, 0.3) is 0 Å². The van der Waals surface area contributed by atoms with Gasteiger partial charge in [0.05, 0.1) is 4.90 Å². The molecule has 0 saturated heterocycles. The molecule has 0 radical (unpaired) electrons. The predicted octanol–water partition coefficient (Wildman–Crippen LogP) is 1.86. The van der Waals surface area contributed by atoms with Crippen molar-refractivity contribution >= 4 is 10.0 Å². The SMILES string of the molecule is CCC(NCc1ccc(S(N)(=O)=O)cc1)C(C)C. The highest BCUT2D eigenvalue weighted by molar-refractivity contribution is 7.89. The van der Waals surface area contributed by atoms with Crippen LogP contribution in [0.2, 0.25) is 0 Å². The standard InChI is InChI=1S/C13H22N2O2S/c1-4-13(10(2)3)15-9-11-5-7-12(8-6-11)18(14,16)17/h5-8,10,13,15H,4,9H2,1-3H3,(H2,14,16,17). The van der Waals surface area contributed by atoms with Gasteiger partial charge in [-0.2, -0.15) is 0 Å². The number of hydrogen-bond donors (Lipinski definition) is 2. The van der Waals surface area contributed by atoms with Crippen LogP contribution in [0.1, 0.15) is 32.8 Å². The molecule has 0 bridgehead atoms. The topological polar surface area (TPSA) is 72.2 Å². The molecule has 1 unspecified atom stereocenters. The molecule has 18 heavy (non-hydrogen) atoms. The second-order valence-corrected chi connectivity index (χ2v) is 6.39. The first kappa shape index (κ1) is 15.1. The molecule has 1 aromatic rings. The average Bonchev–Trinajstić information content (AvgIpc) is 2.29. The van der Waals surface area contributed by atoms with Crippen molar-refractivity contribution in [2.45, 2.75) is 44.7 Å². The van der Waals surface area contributed by atoms with Crippen LogP contribution in [0.25, 0.3) is 0 Å². The lowest BCUT2D eigenvalue weighted by Gasteiger charge is -2.20. The van der Waals surface area contributed by atoms with Crippen molar-refractivity contribution in [2.24, 2.45) is 11.1 Å². The van der Waals surface area contributed by atoms with Crippen LogP contribution in [0, 0.1) is 5.92 Å². The number of rotatable bonds is 6. The molecule has 0 aromatic heterocycles. The Hall–Kier alpha value is -0.910. The minimum Gasteiger partial charge on any atom is -0.310 e. The lowest BCUT2D eigenvalue weighted by atomic mass is 10.0. The number of sulfonamides is 1. The summed E-state index contributed by atoms with van der Waals surface area (Å²) < 4.78 is 22.2. The maximum Gasteiger partial charge on any atom is 0.238 e. The number of benzene rings is 1. The van der Waals surface area contributed by atoms with Crippen molar-refractivity contribution in [1.82, 2.24) is 5.32 Å². The third kappa shape index (κ3) is 4.40. The van der Waals surface area contributed by atoms with E-state index < -0.39 is 10.0 Å². The van der Waals surface area contributed by atoms with Gasteiger partial charge >= 0.3 is 0 Å². The Labute approximate surface area is 110 Å². The summed E-state index contributed by atoms with van der Waals surface area (Å²) in [5.74, 6) is 0.582. The molecule has 0 heterocycles. The lowest BCUT2D eigenvalue weighted by molar-refractivity contribution is 0.387. The van der Waals surface area contributed by atoms with Gasteiger partial charge in [-0.3, -0.25) is 0 Å². The summed E-state index contributed by atoms with van der Waals surface area (Å²) in [6.45, 7) is 7.26. The second kappa shape index (κ2) is 6.31. The molecule has 5 heteroatoms. The Morgan fingerprint density at radius 1 is 1.22 bits per heavy atom. The van der Waals surface area contributed by atoms with Crippen molar-refractivity contribution < 1.29 is 8.42 Å². The van der Waals surface area contributed by atoms with Crippen molar-refractivity contribution in [3.8, 4) is 0 Å². The molecular formula is C13H22N2O2S. The van der Waals surface area contributed by atoms with Gasteiger partial charge in [0.15, 0.2) is 0 Å². The smallest absolute Gasteiger partial charge is 0.238 e. The fourth-order valence-electron chi connectivity index (χ4n) is 1.90. The van der Waals surface area contributed by atoms with Gasteiger partial charge in [-0.05, 0) is 30.0 Å². The predicted molar refractivity (Wildman–Crippen MR) is 73.6 cm³/mol. The number of nitrogens with one attached hydrogen (secondary N) is 1. The molecule has 0 saturated carbocycles. The molecule has 0 amide bonds. The van der Waals surface area contributed by atoms with E-state index in [1.807, 2.05) is 0 Å². The summed E-state index contributed by atoms with van der Waals surface area (Å²) in [4.78, 5) is 0.155. The van der Waals surface area contributed by atoms with Gasteiger partial charge in [-0.1, -0.05) is 32.9 Å². The molecule has 0 spiro atoms. The molecule has 0 aliphatic heterocycles. The second-order valence-electron chi connectivity index (χ2n) is 4.83. The molecule has 1 rings (SSSR count). The van der Waals surface area contributed by atoms with Crippen molar-refractivity contribution in [3.05, 3.63) is 29.8 Å². The van der Waals surface area contributed by atoms with E-state index in [4.69, 9.17) is 5.14 Å². The van der Waals surface area contributed by atoms with Crippen LogP contribution in [0.5, 0.6) is 0 Å². The summed E-state index contributed by atoms with van der Waals surface area (Å²) in [6, 6.07) is 7.15. The molecule has 0 aliphatic carbocycles. The first-order valence-corrected chi connectivity index (χ1v) is 7.74. The van der Waals surface area contributed by atoms with E-state index in [1.54, 1.807) is 24.3 Å². The maximum absolute atomic E-state index is 11.1. The Morgan fingerprint density at radius 3 is 2.17 bits per heavy atom. The Bertz CT molecular complexity index is 466. The molecule has 1 atom stereocenters. The monoisotopic (exact) mass is 270 g/mol. The van der Waals surface area contributed by atoms with Crippen LogP contribution >= 0.6 is 0 Å². The molecule has 1 aromatic carbocycles. The van der Waals surface area contributed by atoms with E-state index in [0.717, 1.165) is 18.5 Å². The molecule has 3 N–H and O–H groups in total. The Balaban J connectivity index is 2.65. The highest BCUT2D eigenvalue weighted by Crippen LogP contribution is 2.10. The third-order valence-electron chi connectivity index (χ3n) is 3.06. The van der Waals surface area contributed by atoms with E-state index in [0.29, 0.717) is 12.0 Å². The quantitative estimate of drug-likeness (QED) is 0.828. The average molecular weight is 270 g/mol. The van der Waals surface area contributed by atoms with Gasteiger partial charge in [-0.25, -0.2) is 13.6 Å². The van der Waals surface area contributed by atoms with Crippen molar-refractivity contribution in [3.63, 3.8) is 0 Å². The Morgan fingerprint density at radius 2 is 1.78 bits per heavy atom. The molecule has 0 fully saturated rings. The first-order chi connectivity index (χ1) is 8.34. The maximum atomic E-state index is 11.1. The minimum absolute atomic E-state index is 0.155. The lowest BCUT2D eigenvalue weighted by Crippen LogP contribution is -2.32. The zero-order valence-electron chi connectivity index (χ0n) is 11.2. The van der Waals surface area contributed by atoms with Crippen LogP contribution in [0.15, 0.2) is 29.2 Å². The molecule has 0 aliphatic rings. The molecule has 102 valence electrons. The fraction of sp³-hybridized carbons (Fsp3) is 0.538. The van der Waals surface area contributed by atoms with Crippen molar-refractivity contribution in [2.75, 3.05) is 0 Å². The van der Waals surface area contributed by atoms with Gasteiger partial charge in [-0.15, -0.1) is 0 Å². The normalized spacial score (nSPS) is 13.8. The zero-order valence-corrected chi connectivity index (χ0v) is 12.0. The van der Waals surface area contributed by atoms with E-state index >= 15 is 0 Å². The molecular weight excluding hydrogens is 248 g/mol. The van der Waals surface area contributed by atoms with Gasteiger partial charge in [0.1, 0.15) is 0 Å². The van der Waals surface area contributed by atoms with Crippen LogP contribution < -0.4 is 10.5 Å². The highest BCUT2D eigenvalue weighted by Gasteiger charge is 2.10. The van der Waals surface area contributed by atoms with E-state index in [-0.39, 0.29) is 4.90 Å². The third-order valence-corrected chi connectivity index (χ3v) is 3.99. The van der Waals surface area contributed by atoms with Crippen LogP contribution in [-0.4, -0.2) is 14.5 Å². The zero-order chi connectivity index (χ0) is 13.8. The Kier molecular flexibility index (Phi) is 5.31. The molecule has 4 nitrogen and oxygen atoms in total. The summed E-state index contributed by atoms with van der Waals surface area (Å²) in [6.07, 6.45) is 1.08. The first-order valence-electron chi connectivity index (χ1n) is 6.19. The van der Waals surface area contributed by atoms with Gasteiger partial charge in [0.2, 0.25) is 10.0 Å². The number of hydrogen-bond acceptors (Lipinski definition) is 3. The van der Waals surface area contributed by atoms with Crippen LogP contribution in [0.3, 0.4) is 0 Å². The fourth-order valence-corrected chi connectivity index (χ4v) is 2.41. The number of primary sulfonamides is 1. The summed E-state index contributed by atoms with van der Waals surface area (Å²) in [5, 5.41) is 8.51. The van der Waals surface area contributed by atoms with Crippen LogP contribution in [-0.2, 0) is 16.6 Å². The number of nitrogens with two attached hydrogens (primary N) is 1. The summed E-state index contributed by atoms with van der Waals surface area (Å²) in [7, 11) is -3.59. The van der Waals surface area contributed by atoms with E-state index in [2.05, 4.69) is 26.1 Å². The van der Waals surface area contributed by atoms with Gasteiger partial charge < -0.3 is 5.32 Å². The largest absolute Gasteiger partial charge is 0.310 e. The van der Waals surface area contributed by atoms with Crippen LogP contribution in [0.4, 0.5) is 0 Å². The summed E-state index contributed by atoms with van der Waals surface area (Å²) >= 11 is 0. The van der Waals surface area contributed by atoms with Gasteiger partial charge in [0, 0.05) is 12.6 Å². The summed E-state index contributed by atoms with van der Waals surface area (Å²) in [5.41, 5.74) is 1.06. The van der Waals surface area contributed by atoms with E-state index in [1.165, 1.54) is 0 Å². The highest BCUT2D eigenvalue weighted by atomic mass is 32.2.